The lowest BCUT2D eigenvalue weighted by molar-refractivity contribution is -0.137. The molecule has 13 heteroatoms. The van der Waals surface area contributed by atoms with Gasteiger partial charge in [0.1, 0.15) is 12.3 Å². The predicted octanol–water partition coefficient (Wildman–Crippen LogP) is 2.63. The van der Waals surface area contributed by atoms with E-state index in [-0.39, 0.29) is 36.2 Å². The molecule has 0 atom stereocenters. The number of likely N-dealkylation sites (N-methyl/N-ethyl adjacent to an activating group) is 1. The monoisotopic (exact) mass is 461 g/mol. The first-order valence-corrected chi connectivity index (χ1v) is 9.63. The van der Waals surface area contributed by atoms with Gasteiger partial charge >= 0.3 is 6.18 Å². The van der Waals surface area contributed by atoms with Crippen molar-refractivity contribution >= 4 is 28.8 Å². The number of alkyl halides is 3. The number of rotatable bonds is 6. The number of nitrogens with zero attached hydrogens (tertiary/aromatic N) is 6. The van der Waals surface area contributed by atoms with Gasteiger partial charge in [-0.1, -0.05) is 5.21 Å². The summed E-state index contributed by atoms with van der Waals surface area (Å²) < 4.78 is 47.5. The fourth-order valence-electron chi connectivity index (χ4n) is 3.05. The molecule has 0 spiro atoms. The van der Waals surface area contributed by atoms with Crippen LogP contribution < -0.4 is 5.32 Å². The summed E-state index contributed by atoms with van der Waals surface area (Å²) in [4.78, 5) is 30.1. The predicted molar refractivity (Wildman–Crippen MR) is 109 cm³/mol. The average Bonchev–Trinajstić information content (AvgIpc) is 3.48. The SMILES string of the molecule is CN(C)C(=O)Cn1cc(C(=O)Nc2nc3cc(C(F)(F)F)ccc3n2Cc2ccco2)nn1. The smallest absolute Gasteiger partial charge is 0.416 e. The number of fused-ring (bicyclic) bond motifs is 1. The Bertz CT molecular complexity index is 1310. The van der Waals surface area contributed by atoms with E-state index in [9.17, 15) is 22.8 Å². The Morgan fingerprint density at radius 2 is 2.00 bits per heavy atom. The summed E-state index contributed by atoms with van der Waals surface area (Å²) in [5.74, 6) is -0.416. The van der Waals surface area contributed by atoms with Crippen LogP contribution in [-0.4, -0.2) is 55.4 Å². The third-order valence-corrected chi connectivity index (χ3v) is 4.76. The van der Waals surface area contributed by atoms with Gasteiger partial charge < -0.3 is 13.9 Å². The van der Waals surface area contributed by atoms with Gasteiger partial charge in [0.2, 0.25) is 11.9 Å². The molecule has 0 aliphatic rings. The topological polar surface area (TPSA) is 111 Å². The van der Waals surface area contributed by atoms with Crippen LogP contribution in [0.25, 0.3) is 11.0 Å². The lowest BCUT2D eigenvalue weighted by Crippen LogP contribution is -2.26. The third kappa shape index (κ3) is 4.71. The second-order valence-electron chi connectivity index (χ2n) is 7.35. The molecule has 1 aromatic carbocycles. The van der Waals surface area contributed by atoms with Crippen LogP contribution in [0.1, 0.15) is 21.8 Å². The standard InChI is InChI=1S/C20H18F3N7O3/c1-28(2)17(31)11-29-10-15(26-27-29)18(32)25-19-24-14-8-12(20(21,22)23)5-6-16(14)30(19)9-13-4-3-7-33-13/h3-8,10H,9,11H2,1-2H3,(H,24,25,32). The van der Waals surface area contributed by atoms with Crippen LogP contribution in [0.5, 0.6) is 0 Å². The molecule has 0 saturated carbocycles. The van der Waals surface area contributed by atoms with Crippen molar-refractivity contribution in [3.8, 4) is 0 Å². The Balaban J connectivity index is 1.65. The van der Waals surface area contributed by atoms with Gasteiger partial charge in [0, 0.05) is 14.1 Å². The van der Waals surface area contributed by atoms with Crippen molar-refractivity contribution in [3.63, 3.8) is 0 Å². The number of amides is 2. The van der Waals surface area contributed by atoms with Gasteiger partial charge in [0.25, 0.3) is 5.91 Å². The molecule has 0 aliphatic carbocycles. The lowest BCUT2D eigenvalue weighted by Gasteiger charge is -2.09. The molecule has 10 nitrogen and oxygen atoms in total. The van der Waals surface area contributed by atoms with Crippen LogP contribution in [-0.2, 0) is 24.1 Å². The highest BCUT2D eigenvalue weighted by molar-refractivity contribution is 6.02. The van der Waals surface area contributed by atoms with Gasteiger partial charge in [-0.25, -0.2) is 9.67 Å². The van der Waals surface area contributed by atoms with Crippen LogP contribution in [0.2, 0.25) is 0 Å². The number of hydrogen-bond acceptors (Lipinski definition) is 6. The summed E-state index contributed by atoms with van der Waals surface area (Å²) in [6, 6.07) is 6.50. The molecule has 0 aliphatic heterocycles. The number of nitrogens with one attached hydrogen (secondary N) is 1. The van der Waals surface area contributed by atoms with E-state index in [1.165, 1.54) is 32.7 Å². The van der Waals surface area contributed by atoms with Gasteiger partial charge in [-0.3, -0.25) is 14.9 Å². The highest BCUT2D eigenvalue weighted by atomic mass is 19.4. The quantitative estimate of drug-likeness (QED) is 0.473. The Kier molecular flexibility index (Phi) is 5.62. The Morgan fingerprint density at radius 1 is 1.21 bits per heavy atom. The first kappa shape index (κ1) is 22.0. The van der Waals surface area contributed by atoms with Crippen molar-refractivity contribution < 1.29 is 27.2 Å². The minimum absolute atomic E-state index is 0.00430. The van der Waals surface area contributed by atoms with Crippen molar-refractivity contribution in [2.45, 2.75) is 19.3 Å². The Morgan fingerprint density at radius 3 is 2.67 bits per heavy atom. The molecule has 0 unspecified atom stereocenters. The number of aromatic nitrogens is 5. The van der Waals surface area contributed by atoms with Crippen molar-refractivity contribution in [2.24, 2.45) is 0 Å². The fourth-order valence-corrected chi connectivity index (χ4v) is 3.05. The van der Waals surface area contributed by atoms with E-state index >= 15 is 0 Å². The molecule has 4 aromatic rings. The number of benzene rings is 1. The van der Waals surface area contributed by atoms with Crippen molar-refractivity contribution in [1.29, 1.82) is 0 Å². The number of hydrogen-bond donors (Lipinski definition) is 1. The molecule has 33 heavy (non-hydrogen) atoms. The second-order valence-corrected chi connectivity index (χ2v) is 7.35. The van der Waals surface area contributed by atoms with Crippen LogP contribution in [0.4, 0.5) is 19.1 Å². The molecule has 1 N–H and O–H groups in total. The van der Waals surface area contributed by atoms with E-state index in [0.717, 1.165) is 12.1 Å². The summed E-state index contributed by atoms with van der Waals surface area (Å²) in [6.45, 7) is 0.0129. The Hall–Kier alpha value is -4.16. The van der Waals surface area contributed by atoms with Crippen molar-refractivity contribution in [1.82, 2.24) is 29.4 Å². The highest BCUT2D eigenvalue weighted by Gasteiger charge is 2.31. The minimum atomic E-state index is -4.54. The Labute approximate surface area is 184 Å². The van der Waals surface area contributed by atoms with Gasteiger partial charge in [-0.2, -0.15) is 13.2 Å². The van der Waals surface area contributed by atoms with E-state index in [1.807, 2.05) is 0 Å². The number of furan rings is 1. The van der Waals surface area contributed by atoms with Gasteiger partial charge in [-0.15, -0.1) is 5.10 Å². The van der Waals surface area contributed by atoms with Crippen molar-refractivity contribution in [3.05, 3.63) is 59.8 Å². The average molecular weight is 461 g/mol. The van der Waals surface area contributed by atoms with Crippen LogP contribution in [0, 0.1) is 0 Å². The number of imidazole rings is 1. The zero-order valence-electron chi connectivity index (χ0n) is 17.5. The summed E-state index contributed by atoms with van der Waals surface area (Å²) in [5, 5.41) is 10.1. The summed E-state index contributed by atoms with van der Waals surface area (Å²) >= 11 is 0. The second kappa shape index (κ2) is 8.41. The van der Waals surface area contributed by atoms with E-state index in [0.29, 0.717) is 11.3 Å². The van der Waals surface area contributed by atoms with E-state index in [1.54, 1.807) is 26.2 Å². The maximum atomic E-state index is 13.1. The summed E-state index contributed by atoms with van der Waals surface area (Å²) in [6.07, 6.45) is -1.79. The molecular weight excluding hydrogens is 443 g/mol. The molecule has 0 bridgehead atoms. The number of carbonyl (C=O) groups is 2. The first-order valence-electron chi connectivity index (χ1n) is 9.63. The molecule has 0 fully saturated rings. The maximum absolute atomic E-state index is 13.1. The molecule has 172 valence electrons. The van der Waals surface area contributed by atoms with Gasteiger partial charge in [0.15, 0.2) is 5.69 Å². The van der Waals surface area contributed by atoms with Gasteiger partial charge in [0.05, 0.1) is 35.6 Å². The zero-order chi connectivity index (χ0) is 23.8. The normalized spacial score (nSPS) is 11.7. The van der Waals surface area contributed by atoms with E-state index in [2.05, 4.69) is 20.6 Å². The molecular formula is C20H18F3N7O3. The molecule has 0 radical (unpaired) electrons. The van der Waals surface area contributed by atoms with E-state index < -0.39 is 17.6 Å². The van der Waals surface area contributed by atoms with Crippen LogP contribution >= 0.6 is 0 Å². The zero-order valence-corrected chi connectivity index (χ0v) is 17.5. The van der Waals surface area contributed by atoms with Crippen LogP contribution in [0.3, 0.4) is 0 Å². The third-order valence-electron chi connectivity index (χ3n) is 4.76. The molecule has 4 rings (SSSR count). The molecule has 3 aromatic heterocycles. The number of carbonyl (C=O) groups excluding carboxylic acids is 2. The molecule has 2 amide bonds. The molecule has 3 heterocycles. The largest absolute Gasteiger partial charge is 0.467 e. The molecule has 0 saturated heterocycles. The van der Waals surface area contributed by atoms with Crippen molar-refractivity contribution in [2.75, 3.05) is 19.4 Å². The first-order chi connectivity index (χ1) is 15.6. The van der Waals surface area contributed by atoms with Crippen LogP contribution in [0.15, 0.2) is 47.2 Å². The maximum Gasteiger partial charge on any atom is 0.416 e. The lowest BCUT2D eigenvalue weighted by atomic mass is 10.2. The van der Waals surface area contributed by atoms with E-state index in [4.69, 9.17) is 4.42 Å². The fraction of sp³-hybridized carbons (Fsp3) is 0.250. The number of anilines is 1. The van der Waals surface area contributed by atoms with Gasteiger partial charge in [-0.05, 0) is 30.3 Å². The number of halogens is 3. The summed E-state index contributed by atoms with van der Waals surface area (Å²) in [7, 11) is 3.17. The minimum Gasteiger partial charge on any atom is -0.467 e. The summed E-state index contributed by atoms with van der Waals surface area (Å²) in [5.41, 5.74) is -0.528. The highest BCUT2D eigenvalue weighted by Crippen LogP contribution is 2.32.